The predicted octanol–water partition coefficient (Wildman–Crippen LogP) is 5.16. The molecule has 1 aromatic heterocycles. The fourth-order valence-electron chi connectivity index (χ4n) is 7.73. The molecular formula is C33H39N5O4S. The summed E-state index contributed by atoms with van der Waals surface area (Å²) < 4.78 is 36.2. The first-order valence-corrected chi connectivity index (χ1v) is 16.9. The summed E-state index contributed by atoms with van der Waals surface area (Å²) >= 11 is 0. The van der Waals surface area contributed by atoms with E-state index in [2.05, 4.69) is 19.9 Å². The number of aryl methyl sites for hydroxylation is 2. The summed E-state index contributed by atoms with van der Waals surface area (Å²) in [6.07, 6.45) is 8.72. The molecule has 4 bridgehead atoms. The summed E-state index contributed by atoms with van der Waals surface area (Å²) in [5.41, 5.74) is 5.08. The van der Waals surface area contributed by atoms with E-state index < -0.39 is 10.0 Å². The number of aromatic nitrogens is 2. The lowest BCUT2D eigenvalue weighted by molar-refractivity contribution is -0.0195. The lowest BCUT2D eigenvalue weighted by Crippen LogP contribution is -2.51. The average Bonchev–Trinajstić information content (AvgIpc) is 3.35. The maximum Gasteiger partial charge on any atom is 0.264 e. The van der Waals surface area contributed by atoms with Gasteiger partial charge in [-0.3, -0.25) is 9.69 Å². The molecule has 1 amide bonds. The smallest absolute Gasteiger partial charge is 0.264 e. The van der Waals surface area contributed by atoms with Crippen molar-refractivity contribution in [2.24, 2.45) is 5.41 Å². The molecule has 0 radical (unpaired) electrons. The van der Waals surface area contributed by atoms with Crippen LogP contribution in [0.3, 0.4) is 0 Å². The zero-order valence-electron chi connectivity index (χ0n) is 25.0. The molecule has 2 aliphatic carbocycles. The zero-order valence-corrected chi connectivity index (χ0v) is 25.8. The van der Waals surface area contributed by atoms with Gasteiger partial charge in [0.1, 0.15) is 6.10 Å². The largest absolute Gasteiger partial charge is 0.470 e. The SMILES string of the molecule is Cc1cccc(C)c1-c1nc2nc(c1C)O[C@@H]1CN(C3CC4(CCCCC4)C3)C[C@H]1NC(=O)c1cccc(c1)S(=O)(=O)N2. The summed E-state index contributed by atoms with van der Waals surface area (Å²) in [6, 6.07) is 12.3. The molecule has 9 nitrogen and oxygen atoms in total. The molecule has 3 aromatic rings. The number of likely N-dealkylation sites (tertiary alicyclic amines) is 1. The summed E-state index contributed by atoms with van der Waals surface area (Å²) in [5, 5.41) is 3.19. The van der Waals surface area contributed by atoms with Crippen LogP contribution in [0.5, 0.6) is 5.88 Å². The lowest BCUT2D eigenvalue weighted by atomic mass is 9.58. The number of nitrogens with one attached hydrogen (secondary N) is 2. The van der Waals surface area contributed by atoms with E-state index in [0.29, 0.717) is 36.1 Å². The number of carbonyl (C=O) groups is 1. The summed E-state index contributed by atoms with van der Waals surface area (Å²) in [7, 11) is -4.08. The fourth-order valence-corrected chi connectivity index (χ4v) is 8.72. The van der Waals surface area contributed by atoms with Crippen molar-refractivity contribution in [1.29, 1.82) is 0 Å². The first kappa shape index (κ1) is 28.3. The fraction of sp³-hybridized carbons (Fsp3) is 0.485. The van der Waals surface area contributed by atoms with Crippen LogP contribution in [0, 0.1) is 26.2 Å². The molecule has 1 saturated heterocycles. The summed E-state index contributed by atoms with van der Waals surface area (Å²) in [4.78, 5) is 25.3. The van der Waals surface area contributed by atoms with Crippen LogP contribution >= 0.6 is 0 Å². The van der Waals surface area contributed by atoms with Gasteiger partial charge in [-0.15, -0.1) is 0 Å². The maximum atomic E-state index is 13.5. The van der Waals surface area contributed by atoms with Gasteiger partial charge in [0.05, 0.1) is 16.6 Å². The van der Waals surface area contributed by atoms with Crippen molar-refractivity contribution in [3.05, 3.63) is 64.7 Å². The van der Waals surface area contributed by atoms with E-state index in [1.54, 1.807) is 12.1 Å². The van der Waals surface area contributed by atoms with E-state index in [4.69, 9.17) is 9.72 Å². The minimum Gasteiger partial charge on any atom is -0.470 e. The van der Waals surface area contributed by atoms with Gasteiger partial charge in [-0.2, -0.15) is 4.98 Å². The van der Waals surface area contributed by atoms with E-state index in [-0.39, 0.29) is 34.5 Å². The molecule has 2 N–H and O–H groups in total. The molecule has 0 unspecified atom stereocenters. The molecular weight excluding hydrogens is 562 g/mol. The van der Waals surface area contributed by atoms with Crippen molar-refractivity contribution in [2.75, 3.05) is 17.8 Å². The lowest BCUT2D eigenvalue weighted by Gasteiger charge is -2.53. The van der Waals surface area contributed by atoms with Gasteiger partial charge in [-0.1, -0.05) is 43.5 Å². The minimum atomic E-state index is -4.08. The first-order valence-electron chi connectivity index (χ1n) is 15.4. The minimum absolute atomic E-state index is 0.0310. The molecule has 43 heavy (non-hydrogen) atoms. The molecule has 2 aromatic carbocycles. The Bertz CT molecular complexity index is 1670. The van der Waals surface area contributed by atoms with E-state index in [9.17, 15) is 13.2 Å². The Morgan fingerprint density at radius 2 is 1.67 bits per heavy atom. The summed E-state index contributed by atoms with van der Waals surface area (Å²) in [5.74, 6) is -0.0635. The number of rotatable bonds is 2. The Balaban J connectivity index is 1.29. The topological polar surface area (TPSA) is 114 Å². The monoisotopic (exact) mass is 601 g/mol. The van der Waals surface area contributed by atoms with Gasteiger partial charge in [0, 0.05) is 35.8 Å². The Labute approximate surface area is 253 Å². The van der Waals surface area contributed by atoms with Crippen LogP contribution in [0.1, 0.15) is 72.0 Å². The van der Waals surface area contributed by atoms with Crippen molar-refractivity contribution >= 4 is 21.9 Å². The van der Waals surface area contributed by atoms with E-state index >= 15 is 0 Å². The van der Waals surface area contributed by atoms with Gasteiger partial charge >= 0.3 is 0 Å². The van der Waals surface area contributed by atoms with Crippen molar-refractivity contribution in [3.63, 3.8) is 0 Å². The number of anilines is 1. The third-order valence-electron chi connectivity index (χ3n) is 10.1. The Kier molecular flexibility index (Phi) is 6.97. The van der Waals surface area contributed by atoms with Gasteiger partial charge in [-0.25, -0.2) is 18.1 Å². The number of nitrogens with zero attached hydrogens (tertiary/aromatic N) is 3. The second-order valence-corrected chi connectivity index (χ2v) is 14.7. The molecule has 7 rings (SSSR count). The number of fused-ring (bicyclic) bond motifs is 5. The third-order valence-corrected chi connectivity index (χ3v) is 11.4. The zero-order chi connectivity index (χ0) is 29.9. The maximum absolute atomic E-state index is 13.5. The van der Waals surface area contributed by atoms with Crippen LogP contribution in [0.15, 0.2) is 47.4 Å². The van der Waals surface area contributed by atoms with E-state index in [1.807, 2.05) is 39.0 Å². The second-order valence-electron chi connectivity index (χ2n) is 13.0. The number of ether oxygens (including phenoxy) is 1. The number of benzene rings is 2. The molecule has 1 spiro atoms. The number of hydrogen-bond donors (Lipinski definition) is 2. The first-order chi connectivity index (χ1) is 20.6. The average molecular weight is 602 g/mol. The molecule has 10 heteroatoms. The Morgan fingerprint density at radius 1 is 0.953 bits per heavy atom. The summed E-state index contributed by atoms with van der Waals surface area (Å²) in [6.45, 7) is 7.28. The molecule has 4 aliphatic rings. The second kappa shape index (κ2) is 10.6. The Morgan fingerprint density at radius 3 is 2.42 bits per heavy atom. The highest BCUT2D eigenvalue weighted by atomic mass is 32.2. The van der Waals surface area contributed by atoms with Crippen LogP contribution in [-0.4, -0.2) is 60.5 Å². The molecule has 3 heterocycles. The normalized spacial score (nSPS) is 24.8. The molecule has 2 aliphatic heterocycles. The van der Waals surface area contributed by atoms with E-state index in [0.717, 1.165) is 22.3 Å². The predicted molar refractivity (Wildman–Crippen MR) is 165 cm³/mol. The van der Waals surface area contributed by atoms with Crippen LogP contribution in [0.4, 0.5) is 5.95 Å². The standard InChI is InChI=1S/C33H39N5O4S/c1-20-9-7-10-21(2)28(20)29-22(3)31-36-32(35-29)37-43(40,41)25-12-8-11-23(15-25)30(39)34-26-18-38(19-27(26)42-31)24-16-33(17-24)13-5-4-6-14-33/h7-12,15,24,26-27H,4-6,13-14,16-19H2,1-3H3,(H,34,39)(H,35,36,37)/t26-,27-/m1/s1. The highest BCUT2D eigenvalue weighted by Crippen LogP contribution is 2.53. The van der Waals surface area contributed by atoms with Crippen molar-refractivity contribution < 1.29 is 17.9 Å². The number of carbonyl (C=O) groups excluding carboxylic acids is 1. The third kappa shape index (κ3) is 5.18. The van der Waals surface area contributed by atoms with Crippen molar-refractivity contribution in [1.82, 2.24) is 20.2 Å². The van der Waals surface area contributed by atoms with Crippen LogP contribution in [-0.2, 0) is 10.0 Å². The van der Waals surface area contributed by atoms with Crippen LogP contribution < -0.4 is 14.8 Å². The van der Waals surface area contributed by atoms with Gasteiger partial charge in [-0.05, 0) is 81.2 Å². The highest BCUT2D eigenvalue weighted by Gasteiger charge is 2.50. The van der Waals surface area contributed by atoms with Gasteiger partial charge in [0.25, 0.3) is 15.9 Å². The Hall–Kier alpha value is -3.50. The molecule has 226 valence electrons. The van der Waals surface area contributed by atoms with Gasteiger partial charge < -0.3 is 10.1 Å². The van der Waals surface area contributed by atoms with Gasteiger partial charge in [0.15, 0.2) is 0 Å². The molecule has 2 saturated carbocycles. The molecule has 2 atom stereocenters. The van der Waals surface area contributed by atoms with Gasteiger partial charge in [0.2, 0.25) is 11.8 Å². The number of hydrogen-bond acceptors (Lipinski definition) is 7. The number of amides is 1. The van der Waals surface area contributed by atoms with Crippen molar-refractivity contribution in [3.8, 4) is 17.1 Å². The quantitative estimate of drug-likeness (QED) is 0.417. The van der Waals surface area contributed by atoms with Crippen molar-refractivity contribution in [2.45, 2.75) is 88.8 Å². The molecule has 3 fully saturated rings. The van der Waals surface area contributed by atoms with Crippen LogP contribution in [0.25, 0.3) is 11.3 Å². The number of sulfonamides is 1. The highest BCUT2D eigenvalue weighted by molar-refractivity contribution is 7.92. The van der Waals surface area contributed by atoms with Crippen LogP contribution in [0.2, 0.25) is 0 Å². The van der Waals surface area contributed by atoms with E-state index in [1.165, 1.54) is 57.1 Å².